The molecule has 2 aromatic rings. The standard InChI is InChI=1S/C19H23ClN4O2/c1-3-13-8-14-10-21-18(20)22-15(14)9-16(13)23-4-6-24(7-5-23)19(2)12-26-11-17(19)25/h3,8-10,17,25H,1,4-7,11-12H2,2H3/t17-,19+/m1/s1. The number of aromatic nitrogens is 2. The molecule has 26 heavy (non-hydrogen) atoms. The van der Waals surface area contributed by atoms with Gasteiger partial charge in [0.2, 0.25) is 5.28 Å². The van der Waals surface area contributed by atoms with E-state index in [0.29, 0.717) is 13.2 Å². The first-order valence-corrected chi connectivity index (χ1v) is 9.23. The minimum Gasteiger partial charge on any atom is -0.389 e. The maximum absolute atomic E-state index is 10.3. The van der Waals surface area contributed by atoms with Gasteiger partial charge in [0.25, 0.3) is 0 Å². The van der Waals surface area contributed by atoms with Gasteiger partial charge >= 0.3 is 0 Å². The average Bonchev–Trinajstić information content (AvgIpc) is 3.00. The summed E-state index contributed by atoms with van der Waals surface area (Å²) in [6.07, 6.45) is 3.17. The molecule has 138 valence electrons. The third kappa shape index (κ3) is 2.97. The van der Waals surface area contributed by atoms with E-state index in [2.05, 4.69) is 45.4 Å². The lowest BCUT2D eigenvalue weighted by atomic mass is 9.95. The topological polar surface area (TPSA) is 61.7 Å². The van der Waals surface area contributed by atoms with Gasteiger partial charge in [-0.1, -0.05) is 12.7 Å². The number of benzene rings is 1. The molecule has 4 rings (SSSR count). The van der Waals surface area contributed by atoms with E-state index in [1.807, 2.05) is 6.08 Å². The van der Waals surface area contributed by atoms with Gasteiger partial charge in [0.15, 0.2) is 0 Å². The molecule has 2 aliphatic heterocycles. The first kappa shape index (κ1) is 17.7. The number of hydrogen-bond acceptors (Lipinski definition) is 6. The van der Waals surface area contributed by atoms with Crippen molar-refractivity contribution in [3.8, 4) is 0 Å². The zero-order chi connectivity index (χ0) is 18.3. The van der Waals surface area contributed by atoms with Crippen LogP contribution in [0.1, 0.15) is 12.5 Å². The van der Waals surface area contributed by atoms with E-state index in [4.69, 9.17) is 16.3 Å². The zero-order valence-electron chi connectivity index (χ0n) is 14.9. The van der Waals surface area contributed by atoms with Crippen molar-refractivity contribution in [1.82, 2.24) is 14.9 Å². The Balaban J connectivity index is 1.58. The van der Waals surface area contributed by atoms with E-state index in [0.717, 1.165) is 48.3 Å². The summed E-state index contributed by atoms with van der Waals surface area (Å²) < 4.78 is 5.49. The van der Waals surface area contributed by atoms with Crippen LogP contribution in [-0.2, 0) is 4.74 Å². The van der Waals surface area contributed by atoms with Crippen molar-refractivity contribution in [2.24, 2.45) is 0 Å². The molecule has 0 saturated carbocycles. The second-order valence-electron chi connectivity index (χ2n) is 7.18. The van der Waals surface area contributed by atoms with Crippen LogP contribution < -0.4 is 4.90 Å². The van der Waals surface area contributed by atoms with E-state index in [9.17, 15) is 5.11 Å². The lowest BCUT2D eigenvalue weighted by molar-refractivity contribution is 0.00883. The summed E-state index contributed by atoms with van der Waals surface area (Å²) in [6.45, 7) is 10.5. The summed E-state index contributed by atoms with van der Waals surface area (Å²) in [7, 11) is 0. The second kappa shape index (κ2) is 6.78. The normalized spacial score (nSPS) is 27.2. The first-order chi connectivity index (χ1) is 12.5. The van der Waals surface area contributed by atoms with E-state index < -0.39 is 6.10 Å². The number of fused-ring (bicyclic) bond motifs is 1. The molecular formula is C19H23ClN4O2. The summed E-state index contributed by atoms with van der Waals surface area (Å²) in [5.74, 6) is 0. The van der Waals surface area contributed by atoms with Crippen LogP contribution in [0.5, 0.6) is 0 Å². The number of rotatable bonds is 3. The maximum Gasteiger partial charge on any atom is 0.222 e. The van der Waals surface area contributed by atoms with Crippen molar-refractivity contribution in [1.29, 1.82) is 0 Å². The van der Waals surface area contributed by atoms with Gasteiger partial charge in [-0.25, -0.2) is 9.97 Å². The fourth-order valence-electron chi connectivity index (χ4n) is 3.91. The summed E-state index contributed by atoms with van der Waals surface area (Å²) in [6, 6.07) is 4.11. The van der Waals surface area contributed by atoms with Crippen LogP contribution in [0.2, 0.25) is 5.28 Å². The predicted molar refractivity (Wildman–Crippen MR) is 104 cm³/mol. The maximum atomic E-state index is 10.3. The van der Waals surface area contributed by atoms with Crippen molar-refractivity contribution in [2.45, 2.75) is 18.6 Å². The van der Waals surface area contributed by atoms with Gasteiger partial charge in [0.05, 0.1) is 30.4 Å². The Kier molecular flexibility index (Phi) is 4.61. The van der Waals surface area contributed by atoms with Crippen LogP contribution in [0.4, 0.5) is 5.69 Å². The molecule has 7 heteroatoms. The highest BCUT2D eigenvalue weighted by Crippen LogP contribution is 2.31. The third-order valence-corrected chi connectivity index (χ3v) is 5.83. The molecule has 3 heterocycles. The highest BCUT2D eigenvalue weighted by Gasteiger charge is 2.44. The van der Waals surface area contributed by atoms with Gasteiger partial charge in [-0.05, 0) is 36.2 Å². The number of ether oxygens (including phenoxy) is 1. The summed E-state index contributed by atoms with van der Waals surface area (Å²) >= 11 is 5.95. The Morgan fingerprint density at radius 1 is 1.35 bits per heavy atom. The number of aliphatic hydroxyl groups is 1. The number of halogens is 1. The second-order valence-corrected chi connectivity index (χ2v) is 7.51. The van der Waals surface area contributed by atoms with E-state index in [1.165, 1.54) is 0 Å². The van der Waals surface area contributed by atoms with Crippen LogP contribution in [0.15, 0.2) is 24.9 Å². The van der Waals surface area contributed by atoms with Crippen LogP contribution in [0.3, 0.4) is 0 Å². The highest BCUT2D eigenvalue weighted by atomic mass is 35.5. The molecule has 6 nitrogen and oxygen atoms in total. The predicted octanol–water partition coefficient (Wildman–Crippen LogP) is 2.20. The summed E-state index contributed by atoms with van der Waals surface area (Å²) in [5, 5.41) is 11.5. The van der Waals surface area contributed by atoms with Gasteiger partial charge in [0.1, 0.15) is 0 Å². The Labute approximate surface area is 158 Å². The number of nitrogens with zero attached hydrogens (tertiary/aromatic N) is 4. The molecule has 2 fully saturated rings. The minimum atomic E-state index is -0.433. The molecule has 2 saturated heterocycles. The largest absolute Gasteiger partial charge is 0.389 e. The van der Waals surface area contributed by atoms with Gasteiger partial charge in [-0.3, -0.25) is 4.90 Å². The number of hydrogen-bond donors (Lipinski definition) is 1. The lowest BCUT2D eigenvalue weighted by Crippen LogP contribution is -2.60. The molecular weight excluding hydrogens is 352 g/mol. The Morgan fingerprint density at radius 2 is 2.12 bits per heavy atom. The van der Waals surface area contributed by atoms with Crippen molar-refractivity contribution >= 4 is 34.3 Å². The molecule has 0 bridgehead atoms. The molecule has 1 N–H and O–H groups in total. The summed E-state index contributed by atoms with van der Waals surface area (Å²) in [5.41, 5.74) is 2.71. The van der Waals surface area contributed by atoms with Crippen LogP contribution in [0, 0.1) is 0 Å². The molecule has 1 aromatic heterocycles. The number of anilines is 1. The van der Waals surface area contributed by atoms with Crippen molar-refractivity contribution < 1.29 is 9.84 Å². The molecule has 0 spiro atoms. The fraction of sp³-hybridized carbons (Fsp3) is 0.474. The highest BCUT2D eigenvalue weighted by molar-refractivity contribution is 6.28. The van der Waals surface area contributed by atoms with Gasteiger partial charge in [-0.2, -0.15) is 0 Å². The Bertz CT molecular complexity index is 838. The Morgan fingerprint density at radius 3 is 2.77 bits per heavy atom. The molecule has 2 atom stereocenters. The van der Waals surface area contributed by atoms with E-state index in [1.54, 1.807) is 6.20 Å². The third-order valence-electron chi connectivity index (χ3n) is 5.65. The quantitative estimate of drug-likeness (QED) is 0.831. The van der Waals surface area contributed by atoms with Crippen LogP contribution in [-0.4, -0.2) is 71.0 Å². The fourth-order valence-corrected chi connectivity index (χ4v) is 4.05. The van der Waals surface area contributed by atoms with Crippen molar-refractivity contribution in [3.05, 3.63) is 35.8 Å². The van der Waals surface area contributed by atoms with Crippen LogP contribution in [0.25, 0.3) is 17.0 Å². The smallest absolute Gasteiger partial charge is 0.222 e. The zero-order valence-corrected chi connectivity index (χ0v) is 15.6. The molecule has 0 unspecified atom stereocenters. The Hall–Kier alpha value is -1.73. The van der Waals surface area contributed by atoms with E-state index in [-0.39, 0.29) is 10.8 Å². The molecule has 0 aliphatic carbocycles. The summed E-state index contributed by atoms with van der Waals surface area (Å²) in [4.78, 5) is 13.1. The molecule has 1 aromatic carbocycles. The lowest BCUT2D eigenvalue weighted by Gasteiger charge is -2.45. The van der Waals surface area contributed by atoms with Crippen molar-refractivity contribution in [2.75, 3.05) is 44.3 Å². The van der Waals surface area contributed by atoms with Crippen LogP contribution >= 0.6 is 11.6 Å². The molecule has 2 aliphatic rings. The van der Waals surface area contributed by atoms with Crippen molar-refractivity contribution in [3.63, 3.8) is 0 Å². The number of piperazine rings is 1. The van der Waals surface area contributed by atoms with E-state index >= 15 is 0 Å². The van der Waals surface area contributed by atoms with Gasteiger partial charge in [0, 0.05) is 43.4 Å². The molecule has 0 amide bonds. The average molecular weight is 375 g/mol. The first-order valence-electron chi connectivity index (χ1n) is 8.86. The molecule has 0 radical (unpaired) electrons. The number of aliphatic hydroxyl groups excluding tert-OH is 1. The SMILES string of the molecule is C=Cc1cc2cnc(Cl)nc2cc1N1CCN([C@@]2(C)COC[C@H]2O)CC1. The monoisotopic (exact) mass is 374 g/mol. The van der Waals surface area contributed by atoms with Gasteiger partial charge in [-0.15, -0.1) is 0 Å². The van der Waals surface area contributed by atoms with Gasteiger partial charge < -0.3 is 14.7 Å². The minimum absolute atomic E-state index is 0.253.